The van der Waals surface area contributed by atoms with E-state index in [1.165, 1.54) is 12.1 Å². The SMILES string of the molecule is CC1=C2[C@@H](CC/C(=C/c3ccc(O)c(F)c3)c3ccccn3)OC[C@@H]2S(=O)(=O)C1. The predicted octanol–water partition coefficient (Wildman–Crippen LogP) is 3.76. The lowest BCUT2D eigenvalue weighted by Gasteiger charge is -2.14. The van der Waals surface area contributed by atoms with Crippen LogP contribution in [0.4, 0.5) is 4.39 Å². The molecule has 2 aliphatic heterocycles. The number of pyridine rings is 1. The number of hydrogen-bond acceptors (Lipinski definition) is 5. The summed E-state index contributed by atoms with van der Waals surface area (Å²) in [7, 11) is -3.15. The minimum absolute atomic E-state index is 0.114. The Labute approximate surface area is 169 Å². The van der Waals surface area contributed by atoms with Crippen LogP contribution in [0.15, 0.2) is 53.7 Å². The van der Waals surface area contributed by atoms with Gasteiger partial charge >= 0.3 is 0 Å². The molecule has 1 aromatic carbocycles. The summed E-state index contributed by atoms with van der Waals surface area (Å²) in [6, 6.07) is 9.82. The molecule has 2 aromatic rings. The number of phenols is 1. The molecule has 0 amide bonds. The van der Waals surface area contributed by atoms with Crippen LogP contribution in [-0.4, -0.2) is 42.2 Å². The maximum absolute atomic E-state index is 13.7. The van der Waals surface area contributed by atoms with Crippen molar-refractivity contribution in [3.8, 4) is 5.75 Å². The Bertz CT molecular complexity index is 1090. The number of rotatable bonds is 5. The molecular formula is C22H22FNO4S. The molecule has 7 heteroatoms. The predicted molar refractivity (Wildman–Crippen MR) is 109 cm³/mol. The lowest BCUT2D eigenvalue weighted by atomic mass is 9.95. The molecule has 152 valence electrons. The summed E-state index contributed by atoms with van der Waals surface area (Å²) in [4.78, 5) is 4.40. The van der Waals surface area contributed by atoms with Crippen LogP contribution in [0.1, 0.15) is 31.0 Å². The molecule has 3 heterocycles. The maximum atomic E-state index is 13.7. The molecule has 1 N–H and O–H groups in total. The van der Waals surface area contributed by atoms with E-state index in [0.29, 0.717) is 18.4 Å². The topological polar surface area (TPSA) is 76.5 Å². The molecule has 2 aliphatic rings. The summed E-state index contributed by atoms with van der Waals surface area (Å²) < 4.78 is 44.1. The molecule has 0 bridgehead atoms. The first kappa shape index (κ1) is 19.8. The first-order valence-electron chi connectivity index (χ1n) is 9.48. The number of phenolic OH excluding ortho intramolecular Hbond substituents is 1. The van der Waals surface area contributed by atoms with Crippen molar-refractivity contribution in [2.24, 2.45) is 0 Å². The summed E-state index contributed by atoms with van der Waals surface area (Å²) in [5.41, 5.74) is 4.06. The Morgan fingerprint density at radius 2 is 2.17 bits per heavy atom. The second-order valence-corrected chi connectivity index (χ2v) is 9.67. The first-order valence-corrected chi connectivity index (χ1v) is 11.2. The van der Waals surface area contributed by atoms with Gasteiger partial charge in [-0.3, -0.25) is 4.98 Å². The van der Waals surface area contributed by atoms with Crippen molar-refractivity contribution in [3.63, 3.8) is 0 Å². The zero-order chi connectivity index (χ0) is 20.6. The molecule has 0 aliphatic carbocycles. The summed E-state index contributed by atoms with van der Waals surface area (Å²) in [5.74, 6) is -0.961. The average molecular weight is 415 g/mol. The van der Waals surface area contributed by atoms with Gasteiger partial charge in [-0.05, 0) is 66.8 Å². The van der Waals surface area contributed by atoms with E-state index in [4.69, 9.17) is 4.74 Å². The molecule has 2 atom stereocenters. The highest BCUT2D eigenvalue weighted by molar-refractivity contribution is 7.92. The third-order valence-electron chi connectivity index (χ3n) is 5.47. The number of ether oxygens (including phenoxy) is 1. The zero-order valence-corrected chi connectivity index (χ0v) is 16.8. The van der Waals surface area contributed by atoms with E-state index >= 15 is 0 Å². The van der Waals surface area contributed by atoms with Crippen LogP contribution in [0.25, 0.3) is 11.6 Å². The van der Waals surface area contributed by atoms with Gasteiger partial charge in [0.1, 0.15) is 5.25 Å². The van der Waals surface area contributed by atoms with Crippen molar-refractivity contribution < 1.29 is 22.7 Å². The highest BCUT2D eigenvalue weighted by Gasteiger charge is 2.45. The Hall–Kier alpha value is -2.51. The Morgan fingerprint density at radius 1 is 1.34 bits per heavy atom. The summed E-state index contributed by atoms with van der Waals surface area (Å²) in [6.07, 6.45) is 4.50. The number of benzene rings is 1. The molecular weight excluding hydrogens is 393 g/mol. The van der Waals surface area contributed by atoms with E-state index in [1.807, 2.05) is 31.2 Å². The molecule has 0 unspecified atom stereocenters. The lowest BCUT2D eigenvalue weighted by molar-refractivity contribution is 0.118. The van der Waals surface area contributed by atoms with Crippen molar-refractivity contribution in [1.82, 2.24) is 4.98 Å². The number of hydrogen-bond donors (Lipinski definition) is 1. The van der Waals surface area contributed by atoms with Crippen molar-refractivity contribution >= 4 is 21.5 Å². The van der Waals surface area contributed by atoms with Crippen LogP contribution in [0, 0.1) is 5.82 Å². The van der Waals surface area contributed by atoms with Crippen molar-refractivity contribution in [3.05, 3.63) is 70.8 Å². The van der Waals surface area contributed by atoms with Crippen LogP contribution >= 0.6 is 0 Å². The van der Waals surface area contributed by atoms with Gasteiger partial charge in [-0.15, -0.1) is 0 Å². The normalized spacial score (nSPS) is 23.4. The van der Waals surface area contributed by atoms with Gasteiger partial charge in [0.25, 0.3) is 0 Å². The largest absolute Gasteiger partial charge is 0.505 e. The van der Waals surface area contributed by atoms with E-state index in [2.05, 4.69) is 4.98 Å². The highest BCUT2D eigenvalue weighted by Crippen LogP contribution is 2.39. The van der Waals surface area contributed by atoms with Gasteiger partial charge in [0.2, 0.25) is 0 Å². The van der Waals surface area contributed by atoms with Gasteiger partial charge in [0.15, 0.2) is 21.4 Å². The number of sulfone groups is 1. The molecule has 5 nitrogen and oxygen atoms in total. The fourth-order valence-corrected chi connectivity index (χ4v) is 6.09. The summed E-state index contributed by atoms with van der Waals surface area (Å²) >= 11 is 0. The van der Waals surface area contributed by atoms with Crippen molar-refractivity contribution in [1.29, 1.82) is 0 Å². The fraction of sp³-hybridized carbons (Fsp3) is 0.318. The van der Waals surface area contributed by atoms with E-state index in [-0.39, 0.29) is 18.5 Å². The number of aromatic hydroxyl groups is 1. The van der Waals surface area contributed by atoms with E-state index < -0.39 is 26.7 Å². The lowest BCUT2D eigenvalue weighted by Crippen LogP contribution is -2.19. The van der Waals surface area contributed by atoms with Gasteiger partial charge in [-0.1, -0.05) is 17.7 Å². The monoisotopic (exact) mass is 415 g/mol. The van der Waals surface area contributed by atoms with Gasteiger partial charge < -0.3 is 9.84 Å². The molecule has 0 radical (unpaired) electrons. The summed E-state index contributed by atoms with van der Waals surface area (Å²) in [5, 5.41) is 8.90. The average Bonchev–Trinajstić information content (AvgIpc) is 3.22. The van der Waals surface area contributed by atoms with Crippen LogP contribution in [-0.2, 0) is 14.6 Å². The van der Waals surface area contributed by atoms with Crippen LogP contribution in [0.5, 0.6) is 5.75 Å². The second kappa shape index (κ2) is 7.72. The molecule has 1 fully saturated rings. The number of nitrogens with zero attached hydrogens (tertiary/aromatic N) is 1. The van der Waals surface area contributed by atoms with Gasteiger partial charge in [-0.2, -0.15) is 0 Å². The van der Waals surface area contributed by atoms with Gasteiger partial charge in [0.05, 0.1) is 24.2 Å². The van der Waals surface area contributed by atoms with Crippen molar-refractivity contribution in [2.45, 2.75) is 31.1 Å². The molecule has 1 aromatic heterocycles. The van der Waals surface area contributed by atoms with Crippen LogP contribution in [0.2, 0.25) is 0 Å². The van der Waals surface area contributed by atoms with E-state index in [0.717, 1.165) is 22.4 Å². The Morgan fingerprint density at radius 3 is 2.90 bits per heavy atom. The smallest absolute Gasteiger partial charge is 0.165 e. The maximum Gasteiger partial charge on any atom is 0.165 e. The van der Waals surface area contributed by atoms with Gasteiger partial charge in [-0.25, -0.2) is 12.8 Å². The minimum atomic E-state index is -3.15. The molecule has 1 saturated heterocycles. The Kier molecular flexibility index (Phi) is 5.27. The summed E-state index contributed by atoms with van der Waals surface area (Å²) in [6.45, 7) is 2.08. The molecule has 0 spiro atoms. The Balaban J connectivity index is 1.59. The molecule has 29 heavy (non-hydrogen) atoms. The highest BCUT2D eigenvalue weighted by atomic mass is 32.2. The quantitative estimate of drug-likeness (QED) is 0.753. The second-order valence-electron chi connectivity index (χ2n) is 7.49. The fourth-order valence-electron chi connectivity index (χ4n) is 4.09. The van der Waals surface area contributed by atoms with Crippen molar-refractivity contribution in [2.75, 3.05) is 12.4 Å². The van der Waals surface area contributed by atoms with E-state index in [9.17, 15) is 17.9 Å². The van der Waals surface area contributed by atoms with E-state index in [1.54, 1.807) is 12.3 Å². The standard InChI is InChI=1S/C22H22FNO4S/c1-14-13-29(26,27)21-12-28-20(22(14)21)8-6-16(18-4-2-3-9-24-18)10-15-5-7-19(25)17(23)11-15/h2-5,7,9-11,20-21,25H,6,8,12-13H2,1H3/b16-10-/t20-,21+/m1/s1. The third-order valence-corrected chi connectivity index (χ3v) is 7.56. The number of aromatic nitrogens is 1. The number of fused-ring (bicyclic) bond motifs is 1. The first-order chi connectivity index (χ1) is 13.8. The number of allylic oxidation sites excluding steroid dienone is 1. The van der Waals surface area contributed by atoms with Crippen LogP contribution < -0.4 is 0 Å². The minimum Gasteiger partial charge on any atom is -0.505 e. The molecule has 0 saturated carbocycles. The molecule has 4 rings (SSSR count). The van der Waals surface area contributed by atoms with Gasteiger partial charge in [0, 0.05) is 6.20 Å². The van der Waals surface area contributed by atoms with Crippen LogP contribution in [0.3, 0.4) is 0 Å². The third kappa shape index (κ3) is 3.97. The number of halogens is 1. The zero-order valence-electron chi connectivity index (χ0n) is 16.0.